The number of pyridine rings is 1. The lowest BCUT2D eigenvalue weighted by atomic mass is 10.1. The third kappa shape index (κ3) is 4.60. The van der Waals surface area contributed by atoms with Crippen molar-refractivity contribution in [2.45, 2.75) is 13.8 Å². The van der Waals surface area contributed by atoms with E-state index in [4.69, 9.17) is 4.74 Å². The zero-order valence-corrected chi connectivity index (χ0v) is 14.8. The second kappa shape index (κ2) is 8.16. The number of ether oxygens (including phenoxy) is 1. The molecule has 2 N–H and O–H groups in total. The highest BCUT2D eigenvalue weighted by molar-refractivity contribution is 5.91. The highest BCUT2D eigenvalue weighted by Crippen LogP contribution is 2.24. The topological polar surface area (TPSA) is 63.2 Å². The molecule has 0 aliphatic rings. The minimum absolute atomic E-state index is 0.0614. The van der Waals surface area contributed by atoms with Crippen molar-refractivity contribution < 1.29 is 9.53 Å². The van der Waals surface area contributed by atoms with Crippen molar-refractivity contribution in [3.63, 3.8) is 0 Å². The monoisotopic (exact) mass is 347 g/mol. The Morgan fingerprint density at radius 2 is 1.69 bits per heavy atom. The molecule has 3 rings (SSSR count). The average molecular weight is 347 g/mol. The first-order chi connectivity index (χ1) is 12.6. The summed E-state index contributed by atoms with van der Waals surface area (Å²) in [7, 11) is 0. The molecule has 2 aromatic carbocycles. The van der Waals surface area contributed by atoms with E-state index >= 15 is 0 Å². The fourth-order valence-electron chi connectivity index (χ4n) is 2.54. The largest absolute Gasteiger partial charge is 0.484 e. The third-order valence-corrected chi connectivity index (χ3v) is 3.89. The summed E-state index contributed by atoms with van der Waals surface area (Å²) in [5.41, 5.74) is 4.27. The molecule has 0 spiro atoms. The number of aromatic nitrogens is 1. The number of nitrogens with one attached hydrogen (secondary N) is 2. The number of anilines is 3. The van der Waals surface area contributed by atoms with Crippen LogP contribution in [0.2, 0.25) is 0 Å². The summed E-state index contributed by atoms with van der Waals surface area (Å²) < 4.78 is 5.42. The number of hydrogen-bond acceptors (Lipinski definition) is 4. The first kappa shape index (κ1) is 17.5. The van der Waals surface area contributed by atoms with Gasteiger partial charge in [-0.1, -0.05) is 36.4 Å². The van der Waals surface area contributed by atoms with E-state index in [-0.39, 0.29) is 12.5 Å². The van der Waals surface area contributed by atoms with E-state index in [1.165, 1.54) is 11.1 Å². The minimum atomic E-state index is -0.253. The van der Waals surface area contributed by atoms with Gasteiger partial charge in [-0.05, 0) is 49.2 Å². The second-order valence-corrected chi connectivity index (χ2v) is 5.97. The Labute approximate surface area is 153 Å². The Balaban J connectivity index is 1.56. The average Bonchev–Trinajstić information content (AvgIpc) is 2.65. The smallest absolute Gasteiger partial charge is 0.263 e. The van der Waals surface area contributed by atoms with Gasteiger partial charge in [-0.2, -0.15) is 0 Å². The highest BCUT2D eigenvalue weighted by Gasteiger charge is 2.06. The Kier molecular flexibility index (Phi) is 5.49. The maximum atomic E-state index is 12.0. The second-order valence-electron chi connectivity index (χ2n) is 5.97. The molecule has 0 bridgehead atoms. The SMILES string of the molecule is Cc1cccc(C)c1Nc1ccc(NC(=O)COc2ccccc2)nc1. The molecule has 26 heavy (non-hydrogen) atoms. The maximum Gasteiger partial charge on any atom is 0.263 e. The van der Waals surface area contributed by atoms with E-state index in [1.54, 1.807) is 24.4 Å². The fourth-order valence-corrected chi connectivity index (χ4v) is 2.54. The summed E-state index contributed by atoms with van der Waals surface area (Å²) in [5.74, 6) is 0.888. The predicted octanol–water partition coefficient (Wildman–Crippen LogP) is 4.46. The van der Waals surface area contributed by atoms with Crippen molar-refractivity contribution in [2.24, 2.45) is 0 Å². The molecule has 0 fully saturated rings. The van der Waals surface area contributed by atoms with Crippen LogP contribution in [0.15, 0.2) is 66.9 Å². The van der Waals surface area contributed by atoms with Crippen molar-refractivity contribution >= 4 is 23.1 Å². The Bertz CT molecular complexity index is 857. The summed E-state index contributed by atoms with van der Waals surface area (Å²) >= 11 is 0. The van der Waals surface area contributed by atoms with Gasteiger partial charge in [0, 0.05) is 5.69 Å². The first-order valence-corrected chi connectivity index (χ1v) is 8.39. The molecule has 1 heterocycles. The number of carbonyl (C=O) groups excluding carboxylic acids is 1. The van der Waals surface area contributed by atoms with Crippen LogP contribution in [0.4, 0.5) is 17.2 Å². The molecule has 132 valence electrons. The van der Waals surface area contributed by atoms with Gasteiger partial charge < -0.3 is 15.4 Å². The highest BCUT2D eigenvalue weighted by atomic mass is 16.5. The van der Waals surface area contributed by atoms with Crippen molar-refractivity contribution in [3.8, 4) is 5.75 Å². The van der Waals surface area contributed by atoms with Gasteiger partial charge in [0.15, 0.2) is 6.61 Å². The molecule has 5 heteroatoms. The van der Waals surface area contributed by atoms with Crippen LogP contribution in [0.25, 0.3) is 0 Å². The molecule has 0 saturated carbocycles. The molecular weight excluding hydrogens is 326 g/mol. The summed E-state index contributed by atoms with van der Waals surface area (Å²) in [5, 5.41) is 6.09. The summed E-state index contributed by atoms with van der Waals surface area (Å²) in [6, 6.07) is 19.0. The van der Waals surface area contributed by atoms with Crippen LogP contribution in [0.5, 0.6) is 5.75 Å². The summed E-state index contributed by atoms with van der Waals surface area (Å²) in [4.78, 5) is 16.2. The van der Waals surface area contributed by atoms with Crippen molar-refractivity contribution in [3.05, 3.63) is 78.0 Å². The third-order valence-electron chi connectivity index (χ3n) is 3.89. The zero-order chi connectivity index (χ0) is 18.4. The van der Waals surface area contributed by atoms with Crippen LogP contribution < -0.4 is 15.4 Å². The van der Waals surface area contributed by atoms with E-state index in [0.29, 0.717) is 11.6 Å². The van der Waals surface area contributed by atoms with E-state index in [9.17, 15) is 4.79 Å². The van der Waals surface area contributed by atoms with Crippen LogP contribution in [0.3, 0.4) is 0 Å². The normalized spacial score (nSPS) is 10.2. The number of rotatable bonds is 6. The van der Waals surface area contributed by atoms with Crippen molar-refractivity contribution in [1.82, 2.24) is 4.98 Å². The van der Waals surface area contributed by atoms with Crippen LogP contribution in [0, 0.1) is 13.8 Å². The van der Waals surface area contributed by atoms with Gasteiger partial charge >= 0.3 is 0 Å². The number of aryl methyl sites for hydroxylation is 2. The van der Waals surface area contributed by atoms with Gasteiger partial charge in [0.2, 0.25) is 0 Å². The van der Waals surface area contributed by atoms with E-state index in [0.717, 1.165) is 11.4 Å². The number of carbonyl (C=O) groups is 1. The number of hydrogen-bond donors (Lipinski definition) is 2. The van der Waals surface area contributed by atoms with Crippen LogP contribution in [-0.2, 0) is 4.79 Å². The van der Waals surface area contributed by atoms with E-state index in [1.807, 2.05) is 30.3 Å². The number of benzene rings is 2. The molecule has 0 aliphatic carbocycles. The number of para-hydroxylation sites is 2. The lowest BCUT2D eigenvalue weighted by Crippen LogP contribution is -2.20. The van der Waals surface area contributed by atoms with Crippen molar-refractivity contribution in [1.29, 1.82) is 0 Å². The molecule has 0 unspecified atom stereocenters. The number of amides is 1. The predicted molar refractivity (Wildman–Crippen MR) is 104 cm³/mol. The quantitative estimate of drug-likeness (QED) is 0.691. The fraction of sp³-hybridized carbons (Fsp3) is 0.143. The Morgan fingerprint density at radius 1 is 0.962 bits per heavy atom. The number of nitrogens with zero attached hydrogens (tertiary/aromatic N) is 1. The molecular formula is C21H21N3O2. The summed E-state index contributed by atoms with van der Waals surface area (Å²) in [6.45, 7) is 4.06. The van der Waals surface area contributed by atoms with Gasteiger partial charge in [-0.3, -0.25) is 4.79 Å². The molecule has 0 saturated heterocycles. The first-order valence-electron chi connectivity index (χ1n) is 8.39. The van der Waals surface area contributed by atoms with E-state index in [2.05, 4.69) is 41.6 Å². The molecule has 1 amide bonds. The van der Waals surface area contributed by atoms with Crippen LogP contribution in [0.1, 0.15) is 11.1 Å². The van der Waals surface area contributed by atoms with Gasteiger partial charge in [-0.15, -0.1) is 0 Å². The molecule has 1 aromatic heterocycles. The molecule has 0 radical (unpaired) electrons. The minimum Gasteiger partial charge on any atom is -0.484 e. The molecule has 5 nitrogen and oxygen atoms in total. The molecule has 3 aromatic rings. The lowest BCUT2D eigenvalue weighted by molar-refractivity contribution is -0.118. The van der Waals surface area contributed by atoms with Gasteiger partial charge in [-0.25, -0.2) is 4.98 Å². The zero-order valence-electron chi connectivity index (χ0n) is 14.8. The van der Waals surface area contributed by atoms with E-state index < -0.39 is 0 Å². The molecule has 0 atom stereocenters. The van der Waals surface area contributed by atoms with Crippen molar-refractivity contribution in [2.75, 3.05) is 17.2 Å². The van der Waals surface area contributed by atoms with Gasteiger partial charge in [0.1, 0.15) is 11.6 Å². The molecule has 0 aliphatic heterocycles. The standard InChI is InChI=1S/C21H21N3O2/c1-15-7-6-8-16(2)21(15)23-17-11-12-19(22-13-17)24-20(25)14-26-18-9-4-3-5-10-18/h3-13,23H,14H2,1-2H3,(H,22,24,25). The Morgan fingerprint density at radius 3 is 2.35 bits per heavy atom. The van der Waals surface area contributed by atoms with Crippen LogP contribution in [-0.4, -0.2) is 17.5 Å². The maximum absolute atomic E-state index is 12.0. The lowest BCUT2D eigenvalue weighted by Gasteiger charge is -2.13. The van der Waals surface area contributed by atoms with Crippen LogP contribution >= 0.6 is 0 Å². The summed E-state index contributed by atoms with van der Waals surface area (Å²) in [6.07, 6.45) is 1.69. The van der Waals surface area contributed by atoms with Gasteiger partial charge in [0.25, 0.3) is 5.91 Å². The van der Waals surface area contributed by atoms with Gasteiger partial charge in [0.05, 0.1) is 11.9 Å². The Hall–Kier alpha value is -3.34.